The van der Waals surface area contributed by atoms with Crippen LogP contribution in [0.25, 0.3) is 21.0 Å². The zero-order valence-corrected chi connectivity index (χ0v) is 10.6. The Labute approximate surface area is 105 Å². The van der Waals surface area contributed by atoms with E-state index < -0.39 is 0 Å². The van der Waals surface area contributed by atoms with Crippen molar-refractivity contribution in [3.63, 3.8) is 0 Å². The van der Waals surface area contributed by atoms with E-state index in [1.807, 2.05) is 30.3 Å². The van der Waals surface area contributed by atoms with Crippen molar-refractivity contribution in [1.29, 1.82) is 0 Å². The zero-order chi connectivity index (χ0) is 11.4. The summed E-state index contributed by atoms with van der Waals surface area (Å²) in [6.07, 6.45) is 0. The maximum Gasteiger partial charge on any atom is 0.142 e. The van der Waals surface area contributed by atoms with Gasteiger partial charge in [0, 0.05) is 20.7 Å². The van der Waals surface area contributed by atoms with Gasteiger partial charge in [0.2, 0.25) is 0 Å². The minimum absolute atomic E-state index is 0.461. The molecule has 0 bridgehead atoms. The number of thiazole rings is 1. The minimum atomic E-state index is 0.461. The average molecular weight is 295 g/mol. The van der Waals surface area contributed by atoms with E-state index in [0.717, 1.165) is 15.4 Å². The van der Waals surface area contributed by atoms with Gasteiger partial charge in [0.05, 0.1) is 0 Å². The fourth-order valence-corrected chi connectivity index (χ4v) is 2.70. The van der Waals surface area contributed by atoms with Crippen LogP contribution in [0.15, 0.2) is 35.4 Å². The predicted molar refractivity (Wildman–Crippen MR) is 69.0 cm³/mol. The number of halogens is 1. The van der Waals surface area contributed by atoms with Crippen molar-refractivity contribution < 1.29 is 0 Å². The molecule has 16 heavy (non-hydrogen) atoms. The topological polar surface area (TPSA) is 61.7 Å². The molecule has 80 valence electrons. The van der Waals surface area contributed by atoms with E-state index in [0.29, 0.717) is 11.1 Å². The van der Waals surface area contributed by atoms with Crippen molar-refractivity contribution in [2.75, 3.05) is 0 Å². The van der Waals surface area contributed by atoms with Crippen molar-refractivity contribution in [2.45, 2.75) is 5.33 Å². The van der Waals surface area contributed by atoms with Gasteiger partial charge in [-0.3, -0.25) is 0 Å². The van der Waals surface area contributed by atoms with Gasteiger partial charge >= 0.3 is 0 Å². The van der Waals surface area contributed by atoms with Gasteiger partial charge < -0.3 is 0 Å². The van der Waals surface area contributed by atoms with E-state index in [9.17, 15) is 0 Å². The molecule has 0 unspecified atom stereocenters. The minimum Gasteiger partial charge on any atom is -0.234 e. The maximum atomic E-state index is 8.43. The van der Waals surface area contributed by atoms with Crippen molar-refractivity contribution in [2.24, 2.45) is 5.11 Å². The zero-order valence-electron chi connectivity index (χ0n) is 8.17. The predicted octanol–water partition coefficient (Wildman–Crippen LogP) is 4.65. The molecule has 2 aromatic rings. The van der Waals surface area contributed by atoms with Crippen LogP contribution < -0.4 is 0 Å². The van der Waals surface area contributed by atoms with E-state index in [4.69, 9.17) is 5.53 Å². The molecule has 0 atom stereocenters. The number of hydrogen-bond acceptors (Lipinski definition) is 3. The molecule has 0 aliphatic rings. The summed E-state index contributed by atoms with van der Waals surface area (Å²) in [5.41, 5.74) is 9.46. The number of azide groups is 1. The van der Waals surface area contributed by atoms with Crippen LogP contribution in [0.3, 0.4) is 0 Å². The van der Waals surface area contributed by atoms with E-state index in [-0.39, 0.29) is 0 Å². The summed E-state index contributed by atoms with van der Waals surface area (Å²) in [4.78, 5) is 8.02. The van der Waals surface area contributed by atoms with Crippen molar-refractivity contribution in [3.8, 4) is 10.6 Å². The first-order valence-electron chi connectivity index (χ1n) is 4.51. The summed E-state index contributed by atoms with van der Waals surface area (Å²) < 4.78 is 0. The summed E-state index contributed by atoms with van der Waals surface area (Å²) in [5.74, 6) is 0.461. The highest BCUT2D eigenvalue weighted by atomic mass is 79.9. The molecule has 1 aromatic heterocycles. The van der Waals surface area contributed by atoms with E-state index >= 15 is 0 Å². The third-order valence-corrected chi connectivity index (χ3v) is 3.98. The van der Waals surface area contributed by atoms with Gasteiger partial charge in [-0.15, -0.1) is 11.3 Å². The first-order valence-corrected chi connectivity index (χ1v) is 6.45. The quantitative estimate of drug-likeness (QED) is 0.352. The molecule has 0 aliphatic heterocycles. The summed E-state index contributed by atoms with van der Waals surface area (Å²) in [6.45, 7) is 0. The molecule has 0 saturated heterocycles. The van der Waals surface area contributed by atoms with Crippen LogP contribution in [0.4, 0.5) is 5.82 Å². The summed E-state index contributed by atoms with van der Waals surface area (Å²) in [5, 5.41) is 5.09. The number of aromatic nitrogens is 1. The van der Waals surface area contributed by atoms with Crippen molar-refractivity contribution in [1.82, 2.24) is 4.98 Å². The standard InChI is InChI=1S/C10H7BrN4S/c11-6-8-9(14-15-12)13-10(16-8)7-4-2-1-3-5-7/h1-5H,6H2. The third-order valence-electron chi connectivity index (χ3n) is 1.96. The molecule has 0 aliphatic carbocycles. The smallest absolute Gasteiger partial charge is 0.142 e. The highest BCUT2D eigenvalue weighted by Crippen LogP contribution is 2.33. The fourth-order valence-electron chi connectivity index (χ4n) is 1.26. The average Bonchev–Trinajstić information content (AvgIpc) is 2.74. The van der Waals surface area contributed by atoms with E-state index in [1.165, 1.54) is 11.3 Å². The summed E-state index contributed by atoms with van der Waals surface area (Å²) >= 11 is 4.88. The highest BCUT2D eigenvalue weighted by Gasteiger charge is 2.09. The summed E-state index contributed by atoms with van der Waals surface area (Å²) in [7, 11) is 0. The van der Waals surface area contributed by atoms with Crippen LogP contribution in [0.1, 0.15) is 4.88 Å². The lowest BCUT2D eigenvalue weighted by atomic mass is 10.2. The second-order valence-corrected chi connectivity index (χ2v) is 4.60. The molecule has 0 N–H and O–H groups in total. The number of rotatable bonds is 3. The lowest BCUT2D eigenvalue weighted by Crippen LogP contribution is -1.73. The van der Waals surface area contributed by atoms with Gasteiger partial charge in [-0.05, 0) is 10.6 Å². The van der Waals surface area contributed by atoms with Gasteiger partial charge in [-0.1, -0.05) is 46.3 Å². The molecule has 6 heteroatoms. The first-order chi connectivity index (χ1) is 7.85. The molecule has 0 amide bonds. The highest BCUT2D eigenvalue weighted by molar-refractivity contribution is 9.08. The Hall–Kier alpha value is -1.36. The van der Waals surface area contributed by atoms with E-state index in [2.05, 4.69) is 30.9 Å². The molecule has 0 spiro atoms. The Balaban J connectivity index is 2.48. The summed E-state index contributed by atoms with van der Waals surface area (Å²) in [6, 6.07) is 9.83. The second-order valence-electron chi connectivity index (χ2n) is 2.95. The van der Waals surface area contributed by atoms with Crippen molar-refractivity contribution in [3.05, 3.63) is 45.7 Å². The molecule has 1 heterocycles. The Morgan fingerprint density at radius 3 is 2.75 bits per heavy atom. The molecule has 2 rings (SSSR count). The molecular weight excluding hydrogens is 288 g/mol. The molecule has 0 radical (unpaired) electrons. The Morgan fingerprint density at radius 2 is 2.12 bits per heavy atom. The Kier molecular flexibility index (Phi) is 3.56. The fraction of sp³-hybridized carbons (Fsp3) is 0.100. The molecule has 1 aromatic carbocycles. The van der Waals surface area contributed by atoms with Gasteiger partial charge in [0.15, 0.2) is 0 Å². The normalized spacial score (nSPS) is 9.81. The molecule has 4 nitrogen and oxygen atoms in total. The first kappa shape index (κ1) is 11.1. The number of nitrogens with zero attached hydrogens (tertiary/aromatic N) is 4. The van der Waals surface area contributed by atoms with Crippen LogP contribution in [-0.4, -0.2) is 4.98 Å². The molecule has 0 saturated carbocycles. The number of benzene rings is 1. The lowest BCUT2D eigenvalue weighted by molar-refractivity contribution is 1.28. The largest absolute Gasteiger partial charge is 0.234 e. The number of alkyl halides is 1. The lowest BCUT2D eigenvalue weighted by Gasteiger charge is -1.92. The van der Waals surface area contributed by atoms with Gasteiger partial charge in [0.25, 0.3) is 0 Å². The SMILES string of the molecule is [N-]=[N+]=Nc1nc(-c2ccccc2)sc1CBr. The monoisotopic (exact) mass is 294 g/mol. The van der Waals surface area contributed by atoms with Gasteiger partial charge in [-0.2, -0.15) is 0 Å². The second kappa shape index (κ2) is 5.12. The van der Waals surface area contributed by atoms with Crippen LogP contribution in [-0.2, 0) is 5.33 Å². The number of hydrogen-bond donors (Lipinski definition) is 0. The van der Waals surface area contributed by atoms with Crippen LogP contribution in [0.2, 0.25) is 0 Å². The van der Waals surface area contributed by atoms with Crippen LogP contribution in [0.5, 0.6) is 0 Å². The Morgan fingerprint density at radius 1 is 1.38 bits per heavy atom. The van der Waals surface area contributed by atoms with Crippen LogP contribution in [0, 0.1) is 0 Å². The van der Waals surface area contributed by atoms with Gasteiger partial charge in [-0.25, -0.2) is 4.98 Å². The van der Waals surface area contributed by atoms with Gasteiger partial charge in [0.1, 0.15) is 10.8 Å². The Bertz CT molecular complexity index is 531. The molecule has 0 fully saturated rings. The third kappa shape index (κ3) is 2.24. The van der Waals surface area contributed by atoms with E-state index in [1.54, 1.807) is 0 Å². The maximum absolute atomic E-state index is 8.43. The molecular formula is C10H7BrN4S. The van der Waals surface area contributed by atoms with Crippen molar-refractivity contribution >= 4 is 33.1 Å². The van der Waals surface area contributed by atoms with Crippen LogP contribution >= 0.6 is 27.3 Å².